The van der Waals surface area contributed by atoms with Crippen LogP contribution in [0.5, 0.6) is 0 Å². The number of unbranched alkanes of at least 4 members (excludes halogenated alkanes) is 29. The first-order valence-electron chi connectivity index (χ1n) is 25.4. The summed E-state index contributed by atoms with van der Waals surface area (Å²) in [5.74, 6) is -0.190. The summed E-state index contributed by atoms with van der Waals surface area (Å²) in [6, 6.07) is -0.864. The lowest BCUT2D eigenvalue weighted by Crippen LogP contribution is -2.45. The molecule has 0 aliphatic rings. The molecular formula is C51H100N2O6P+. The molecule has 354 valence electrons. The summed E-state index contributed by atoms with van der Waals surface area (Å²) in [5, 5.41) is 13.9. The van der Waals surface area contributed by atoms with Crippen LogP contribution in [-0.4, -0.2) is 73.4 Å². The van der Waals surface area contributed by atoms with Crippen LogP contribution in [0.1, 0.15) is 232 Å². The van der Waals surface area contributed by atoms with Gasteiger partial charge in [0.05, 0.1) is 39.9 Å². The van der Waals surface area contributed by atoms with Crippen LogP contribution in [0.3, 0.4) is 0 Å². The number of nitrogens with one attached hydrogen (secondary N) is 1. The highest BCUT2D eigenvalue weighted by molar-refractivity contribution is 7.47. The van der Waals surface area contributed by atoms with Gasteiger partial charge in [0.15, 0.2) is 0 Å². The van der Waals surface area contributed by atoms with E-state index in [1.807, 2.05) is 27.2 Å². The van der Waals surface area contributed by atoms with Crippen molar-refractivity contribution in [2.45, 2.75) is 244 Å². The Balaban J connectivity index is 4.38. The van der Waals surface area contributed by atoms with E-state index in [4.69, 9.17) is 9.05 Å². The third-order valence-electron chi connectivity index (χ3n) is 11.3. The van der Waals surface area contributed by atoms with Crippen molar-refractivity contribution in [2.75, 3.05) is 40.9 Å². The maximum Gasteiger partial charge on any atom is 0.472 e. The molecule has 3 unspecified atom stereocenters. The van der Waals surface area contributed by atoms with Gasteiger partial charge in [-0.1, -0.05) is 204 Å². The highest BCUT2D eigenvalue weighted by atomic mass is 31.2. The van der Waals surface area contributed by atoms with Gasteiger partial charge in [-0.05, 0) is 57.8 Å². The second-order valence-electron chi connectivity index (χ2n) is 18.5. The first-order chi connectivity index (χ1) is 29.0. The summed E-state index contributed by atoms with van der Waals surface area (Å²) < 4.78 is 23.6. The minimum atomic E-state index is -4.35. The van der Waals surface area contributed by atoms with Gasteiger partial charge in [-0.2, -0.15) is 0 Å². The van der Waals surface area contributed by atoms with Crippen LogP contribution in [0.25, 0.3) is 0 Å². The van der Waals surface area contributed by atoms with Gasteiger partial charge in [-0.25, -0.2) is 4.57 Å². The molecule has 60 heavy (non-hydrogen) atoms. The summed E-state index contributed by atoms with van der Waals surface area (Å²) >= 11 is 0. The van der Waals surface area contributed by atoms with E-state index in [0.29, 0.717) is 17.4 Å². The molecule has 8 nitrogen and oxygen atoms in total. The van der Waals surface area contributed by atoms with E-state index < -0.39 is 20.0 Å². The Labute approximate surface area is 372 Å². The largest absolute Gasteiger partial charge is 0.472 e. The van der Waals surface area contributed by atoms with E-state index in [9.17, 15) is 19.4 Å². The van der Waals surface area contributed by atoms with Gasteiger partial charge in [-0.15, -0.1) is 0 Å². The Bertz CT molecular complexity index is 1070. The number of quaternary nitrogens is 1. The quantitative estimate of drug-likeness (QED) is 0.0244. The third kappa shape index (κ3) is 44.8. The number of aliphatic hydroxyl groups is 1. The molecule has 0 heterocycles. The number of carbonyl (C=O) groups excluding carboxylic acids is 1. The molecule has 0 radical (unpaired) electrons. The van der Waals surface area contributed by atoms with Gasteiger partial charge in [0.1, 0.15) is 13.2 Å². The molecule has 0 aliphatic heterocycles. The Morgan fingerprint density at radius 1 is 0.550 bits per heavy atom. The van der Waals surface area contributed by atoms with Gasteiger partial charge < -0.3 is 19.8 Å². The fraction of sp³-hybridized carbons (Fsp3) is 0.863. The maximum atomic E-state index is 12.9. The number of rotatable bonds is 46. The lowest BCUT2D eigenvalue weighted by atomic mass is 10.0. The maximum absolute atomic E-state index is 12.9. The van der Waals surface area contributed by atoms with Crippen LogP contribution in [0.2, 0.25) is 0 Å². The van der Waals surface area contributed by atoms with E-state index in [1.165, 1.54) is 173 Å². The second-order valence-corrected chi connectivity index (χ2v) is 20.0. The Kier molecular flexibility index (Phi) is 42.1. The molecule has 3 atom stereocenters. The molecule has 1 amide bonds. The zero-order chi connectivity index (χ0) is 44.3. The normalized spacial score (nSPS) is 14.4. The van der Waals surface area contributed by atoms with Crippen LogP contribution < -0.4 is 5.32 Å². The third-order valence-corrected chi connectivity index (χ3v) is 12.3. The molecule has 0 rings (SSSR count). The number of amides is 1. The van der Waals surface area contributed by atoms with E-state index in [1.54, 1.807) is 6.08 Å². The molecule has 0 spiro atoms. The number of nitrogens with zero attached hydrogens (tertiary/aromatic N) is 1. The first kappa shape index (κ1) is 58.7. The van der Waals surface area contributed by atoms with Crippen LogP contribution >= 0.6 is 7.82 Å². The molecular weight excluding hydrogens is 768 g/mol. The number of carbonyl (C=O) groups is 1. The monoisotopic (exact) mass is 868 g/mol. The average molecular weight is 868 g/mol. The van der Waals surface area contributed by atoms with Gasteiger partial charge in [0.25, 0.3) is 0 Å². The van der Waals surface area contributed by atoms with Gasteiger partial charge in [0.2, 0.25) is 5.91 Å². The molecule has 0 aromatic heterocycles. The van der Waals surface area contributed by atoms with Crippen molar-refractivity contribution < 1.29 is 32.9 Å². The van der Waals surface area contributed by atoms with Crippen molar-refractivity contribution >= 4 is 13.7 Å². The average Bonchev–Trinajstić information content (AvgIpc) is 3.20. The lowest BCUT2D eigenvalue weighted by molar-refractivity contribution is -0.870. The molecule has 0 saturated carbocycles. The van der Waals surface area contributed by atoms with E-state index in [0.717, 1.165) is 38.5 Å². The second kappa shape index (κ2) is 43.0. The zero-order valence-corrected chi connectivity index (χ0v) is 41.1. The topological polar surface area (TPSA) is 105 Å². The molecule has 0 aromatic carbocycles. The van der Waals surface area contributed by atoms with Crippen molar-refractivity contribution in [1.82, 2.24) is 5.32 Å². The Morgan fingerprint density at radius 2 is 0.917 bits per heavy atom. The Morgan fingerprint density at radius 3 is 1.33 bits per heavy atom. The van der Waals surface area contributed by atoms with Crippen molar-refractivity contribution in [2.24, 2.45) is 0 Å². The Hall–Kier alpha value is -1.28. The number of likely N-dealkylation sites (N-methyl/N-ethyl adjacent to an activating group) is 1. The van der Waals surface area contributed by atoms with E-state index in [2.05, 4.69) is 43.5 Å². The van der Waals surface area contributed by atoms with Crippen LogP contribution in [-0.2, 0) is 18.4 Å². The lowest BCUT2D eigenvalue weighted by Gasteiger charge is -2.25. The fourth-order valence-electron chi connectivity index (χ4n) is 7.29. The summed E-state index contributed by atoms with van der Waals surface area (Å²) in [7, 11) is 1.55. The molecule has 0 aliphatic carbocycles. The van der Waals surface area contributed by atoms with Crippen molar-refractivity contribution in [3.63, 3.8) is 0 Å². The van der Waals surface area contributed by atoms with Gasteiger partial charge >= 0.3 is 7.82 Å². The minimum Gasteiger partial charge on any atom is -0.387 e. The van der Waals surface area contributed by atoms with E-state index in [-0.39, 0.29) is 19.1 Å². The van der Waals surface area contributed by atoms with Crippen LogP contribution in [0.15, 0.2) is 36.5 Å². The summed E-state index contributed by atoms with van der Waals surface area (Å²) in [5.41, 5.74) is 0. The SMILES string of the molecule is CCCCCCCCCC/C=C\CCCCCCCCCC(=O)NC(COP(=O)(O)OCC[N+](C)(C)C)C(O)/C=C/CC/C=C/CCCCCCCCCCCCCCC. The van der Waals surface area contributed by atoms with Crippen molar-refractivity contribution in [1.29, 1.82) is 0 Å². The first-order valence-corrected chi connectivity index (χ1v) is 26.9. The number of allylic oxidation sites excluding steroid dienone is 5. The summed E-state index contributed by atoms with van der Waals surface area (Å²) in [4.78, 5) is 23.2. The number of hydrogen-bond acceptors (Lipinski definition) is 5. The van der Waals surface area contributed by atoms with Crippen molar-refractivity contribution in [3.8, 4) is 0 Å². The number of phosphoric ester groups is 1. The summed E-state index contributed by atoms with van der Waals surface area (Å²) in [6.45, 7) is 4.81. The molecule has 0 saturated heterocycles. The summed E-state index contributed by atoms with van der Waals surface area (Å²) in [6.07, 6.45) is 53.7. The number of aliphatic hydroxyl groups excluding tert-OH is 1. The molecule has 0 bridgehead atoms. The molecule has 0 fully saturated rings. The predicted octanol–water partition coefficient (Wildman–Crippen LogP) is 14.6. The van der Waals surface area contributed by atoms with Gasteiger partial charge in [0, 0.05) is 6.42 Å². The number of hydrogen-bond donors (Lipinski definition) is 3. The number of phosphoric acid groups is 1. The molecule has 0 aromatic rings. The molecule has 3 N–H and O–H groups in total. The highest BCUT2D eigenvalue weighted by Gasteiger charge is 2.27. The van der Waals surface area contributed by atoms with Crippen LogP contribution in [0.4, 0.5) is 0 Å². The smallest absolute Gasteiger partial charge is 0.387 e. The highest BCUT2D eigenvalue weighted by Crippen LogP contribution is 2.43. The van der Waals surface area contributed by atoms with E-state index >= 15 is 0 Å². The van der Waals surface area contributed by atoms with Crippen molar-refractivity contribution in [3.05, 3.63) is 36.5 Å². The fourth-order valence-corrected chi connectivity index (χ4v) is 8.02. The molecule has 9 heteroatoms. The van der Waals surface area contributed by atoms with Crippen LogP contribution in [0, 0.1) is 0 Å². The minimum absolute atomic E-state index is 0.0556. The predicted molar refractivity (Wildman–Crippen MR) is 258 cm³/mol. The standard InChI is InChI=1S/C51H99N2O6P/c1-6-8-10-12-14-16-18-20-22-24-26-28-30-32-34-36-38-40-42-44-50(54)49(48-59-60(56,57)58-47-46-53(3,4)5)52-51(55)45-43-41-39-37-35-33-31-29-27-25-23-21-19-17-15-13-11-9-7-2/h25,27,34,36,42,44,49-50,54H,6-24,26,28-33,35,37-41,43,45-48H2,1-5H3,(H-,52,55,56,57)/p+1/b27-25-,36-34+,44-42+. The van der Waals surface area contributed by atoms with Gasteiger partial charge in [-0.3, -0.25) is 13.8 Å². The zero-order valence-electron chi connectivity index (χ0n) is 40.2.